The maximum atomic E-state index is 11.9. The van der Waals surface area contributed by atoms with Gasteiger partial charge in [0.05, 0.1) is 9.38 Å². The third-order valence-corrected chi connectivity index (χ3v) is 5.97. The van der Waals surface area contributed by atoms with Gasteiger partial charge in [-0.2, -0.15) is 0 Å². The number of furan rings is 1. The minimum Gasteiger partial charge on any atom is -0.449 e. The molecule has 2 aromatic rings. The summed E-state index contributed by atoms with van der Waals surface area (Å²) in [5, 5.41) is 0.428. The van der Waals surface area contributed by atoms with E-state index >= 15 is 0 Å². The summed E-state index contributed by atoms with van der Waals surface area (Å²) >= 11 is 5.87. The first kappa shape index (κ1) is 16.4. The van der Waals surface area contributed by atoms with Crippen molar-refractivity contribution in [3.63, 3.8) is 0 Å². The lowest BCUT2D eigenvalue weighted by atomic mass is 10.2. The van der Waals surface area contributed by atoms with Gasteiger partial charge in [0, 0.05) is 18.0 Å². The molecule has 1 aromatic carbocycles. The Balaban J connectivity index is 1.83. The smallest absolute Gasteiger partial charge is 0.293 e. The summed E-state index contributed by atoms with van der Waals surface area (Å²) in [4.78, 5) is 25.9. The lowest BCUT2D eigenvalue weighted by Gasteiger charge is -2.00. The number of nitrogens with zero attached hydrogens (tertiary/aromatic N) is 1. The van der Waals surface area contributed by atoms with Gasteiger partial charge < -0.3 is 4.42 Å². The highest BCUT2D eigenvalue weighted by atomic mass is 79.9. The fourth-order valence-corrected chi connectivity index (χ4v) is 4.04. The minimum atomic E-state index is -0.305. The lowest BCUT2D eigenvalue weighted by Crippen LogP contribution is -2.22. The third-order valence-electron chi connectivity index (χ3n) is 3.17. The number of carbonyl (C=O) groups excluding carboxylic acids is 2. The zero-order valence-electron chi connectivity index (χ0n) is 12.3. The first-order chi connectivity index (χ1) is 10.9. The van der Waals surface area contributed by atoms with E-state index in [-0.39, 0.29) is 11.1 Å². The number of carbonyl (C=O) groups is 2. The van der Waals surface area contributed by atoms with Crippen LogP contribution < -0.4 is 0 Å². The Bertz CT molecular complexity index is 811. The standard InChI is InChI=1S/C16H12BrNO3S2/c1-9-3-5-11(6-4-9)22-15-12(17)7-10(21-15)8-13-14(19)18(2)16(20)23-13/h3-8H,1-2H3/b13-8+. The molecular formula is C16H12BrNO3S2. The van der Waals surface area contributed by atoms with Gasteiger partial charge in [-0.25, -0.2) is 0 Å². The maximum Gasteiger partial charge on any atom is 0.293 e. The van der Waals surface area contributed by atoms with E-state index in [1.807, 2.05) is 31.2 Å². The van der Waals surface area contributed by atoms with Crippen LogP contribution in [0.4, 0.5) is 4.79 Å². The van der Waals surface area contributed by atoms with Gasteiger partial charge in [-0.1, -0.05) is 29.5 Å². The molecule has 2 heterocycles. The van der Waals surface area contributed by atoms with Crippen molar-refractivity contribution in [1.82, 2.24) is 4.90 Å². The van der Waals surface area contributed by atoms with Gasteiger partial charge >= 0.3 is 0 Å². The zero-order chi connectivity index (χ0) is 16.6. The predicted octanol–water partition coefficient (Wildman–Crippen LogP) is 5.17. The quantitative estimate of drug-likeness (QED) is 0.654. The molecule has 3 rings (SSSR count). The number of thioether (sulfide) groups is 1. The number of likely N-dealkylation sites (N-methyl/N-ethyl adjacent to an activating group) is 1. The Hall–Kier alpha value is -1.44. The van der Waals surface area contributed by atoms with Crippen molar-refractivity contribution in [2.45, 2.75) is 16.9 Å². The van der Waals surface area contributed by atoms with E-state index in [1.165, 1.54) is 24.4 Å². The van der Waals surface area contributed by atoms with Gasteiger partial charge in [0.25, 0.3) is 11.1 Å². The molecule has 0 radical (unpaired) electrons. The third kappa shape index (κ3) is 3.57. The van der Waals surface area contributed by atoms with Crippen LogP contribution >= 0.6 is 39.5 Å². The second-order valence-electron chi connectivity index (χ2n) is 4.94. The van der Waals surface area contributed by atoms with E-state index in [4.69, 9.17) is 4.42 Å². The van der Waals surface area contributed by atoms with Crippen molar-refractivity contribution in [1.29, 1.82) is 0 Å². The Morgan fingerprint density at radius 1 is 1.26 bits per heavy atom. The van der Waals surface area contributed by atoms with Crippen LogP contribution in [0.2, 0.25) is 0 Å². The second kappa shape index (κ2) is 6.59. The average Bonchev–Trinajstić information content (AvgIpc) is 2.97. The number of hydrogen-bond acceptors (Lipinski definition) is 5. The van der Waals surface area contributed by atoms with Crippen LogP contribution in [0.25, 0.3) is 6.08 Å². The SMILES string of the molecule is Cc1ccc(Sc2oc(/C=C3/SC(=O)N(C)C3=O)cc2Br)cc1. The summed E-state index contributed by atoms with van der Waals surface area (Å²) in [7, 11) is 1.47. The molecule has 23 heavy (non-hydrogen) atoms. The number of hydrogen-bond donors (Lipinski definition) is 0. The van der Waals surface area contributed by atoms with Gasteiger partial charge in [0.2, 0.25) is 0 Å². The molecule has 0 unspecified atom stereocenters. The fourth-order valence-electron chi connectivity index (χ4n) is 1.90. The van der Waals surface area contributed by atoms with Crippen molar-refractivity contribution < 1.29 is 14.0 Å². The number of imide groups is 1. The fraction of sp³-hybridized carbons (Fsp3) is 0.125. The number of aryl methyl sites for hydroxylation is 1. The number of amides is 2. The molecule has 0 spiro atoms. The van der Waals surface area contributed by atoms with Crippen molar-refractivity contribution in [3.8, 4) is 0 Å². The molecule has 1 aliphatic heterocycles. The molecule has 1 aromatic heterocycles. The molecule has 0 N–H and O–H groups in total. The van der Waals surface area contributed by atoms with E-state index < -0.39 is 0 Å². The Kier molecular flexibility index (Phi) is 4.70. The minimum absolute atomic E-state index is 0.277. The van der Waals surface area contributed by atoms with Crippen LogP contribution in [-0.2, 0) is 4.79 Å². The first-order valence-electron chi connectivity index (χ1n) is 6.69. The normalized spacial score (nSPS) is 16.7. The van der Waals surface area contributed by atoms with Crippen molar-refractivity contribution in [3.05, 3.63) is 51.0 Å². The van der Waals surface area contributed by atoms with Gasteiger partial charge in [-0.05, 0) is 52.8 Å². The predicted molar refractivity (Wildman–Crippen MR) is 95.4 cm³/mol. The monoisotopic (exact) mass is 409 g/mol. The summed E-state index contributed by atoms with van der Waals surface area (Å²) in [6.45, 7) is 2.04. The molecule has 1 fully saturated rings. The molecule has 118 valence electrons. The molecule has 1 aliphatic rings. The van der Waals surface area contributed by atoms with E-state index in [1.54, 1.807) is 12.1 Å². The first-order valence-corrected chi connectivity index (χ1v) is 9.12. The largest absolute Gasteiger partial charge is 0.449 e. The van der Waals surface area contributed by atoms with Crippen LogP contribution in [0.15, 0.2) is 54.1 Å². The number of halogens is 1. The summed E-state index contributed by atoms with van der Waals surface area (Å²) < 4.78 is 6.58. The van der Waals surface area contributed by atoms with Gasteiger partial charge in [0.1, 0.15) is 5.76 Å². The summed E-state index contributed by atoms with van der Waals surface area (Å²) in [6.07, 6.45) is 1.60. The molecule has 0 saturated carbocycles. The highest BCUT2D eigenvalue weighted by molar-refractivity contribution is 9.10. The van der Waals surface area contributed by atoms with Crippen molar-refractivity contribution >= 4 is 56.7 Å². The molecule has 0 aliphatic carbocycles. The van der Waals surface area contributed by atoms with Crippen LogP contribution in [0, 0.1) is 6.92 Å². The molecule has 0 atom stereocenters. The molecular weight excluding hydrogens is 398 g/mol. The molecule has 0 bridgehead atoms. The van der Waals surface area contributed by atoms with Gasteiger partial charge in [0.15, 0.2) is 5.09 Å². The molecule has 2 amide bonds. The highest BCUT2D eigenvalue weighted by Crippen LogP contribution is 2.38. The van der Waals surface area contributed by atoms with Gasteiger partial charge in [-0.15, -0.1) is 0 Å². The molecule has 7 heteroatoms. The van der Waals surface area contributed by atoms with Crippen LogP contribution in [0.5, 0.6) is 0 Å². The van der Waals surface area contributed by atoms with E-state index in [0.717, 1.165) is 26.0 Å². The van der Waals surface area contributed by atoms with E-state index in [0.29, 0.717) is 15.8 Å². The molecule has 1 saturated heterocycles. The van der Waals surface area contributed by atoms with Crippen LogP contribution in [0.3, 0.4) is 0 Å². The van der Waals surface area contributed by atoms with Crippen molar-refractivity contribution in [2.24, 2.45) is 0 Å². The zero-order valence-corrected chi connectivity index (χ0v) is 15.5. The maximum absolute atomic E-state index is 11.9. The second-order valence-corrected chi connectivity index (χ2v) is 7.83. The van der Waals surface area contributed by atoms with Gasteiger partial charge in [-0.3, -0.25) is 14.5 Å². The summed E-state index contributed by atoms with van der Waals surface area (Å²) in [5.41, 5.74) is 1.20. The molecule has 4 nitrogen and oxygen atoms in total. The number of benzene rings is 1. The van der Waals surface area contributed by atoms with E-state index in [2.05, 4.69) is 15.9 Å². The van der Waals surface area contributed by atoms with Crippen LogP contribution in [-0.4, -0.2) is 23.1 Å². The highest BCUT2D eigenvalue weighted by Gasteiger charge is 2.32. The summed E-state index contributed by atoms with van der Waals surface area (Å²) in [6, 6.07) is 9.92. The topological polar surface area (TPSA) is 50.5 Å². The Labute approximate surface area is 150 Å². The van der Waals surface area contributed by atoms with Crippen LogP contribution in [0.1, 0.15) is 11.3 Å². The number of rotatable bonds is 3. The van der Waals surface area contributed by atoms with Crippen molar-refractivity contribution in [2.75, 3.05) is 7.05 Å². The summed E-state index contributed by atoms with van der Waals surface area (Å²) in [5.74, 6) is 0.227. The Morgan fingerprint density at radius 3 is 2.57 bits per heavy atom. The van der Waals surface area contributed by atoms with E-state index in [9.17, 15) is 9.59 Å². The average molecular weight is 410 g/mol. The Morgan fingerprint density at radius 2 is 1.96 bits per heavy atom. The lowest BCUT2D eigenvalue weighted by molar-refractivity contribution is -0.121.